The van der Waals surface area contributed by atoms with Crippen LogP contribution in [-0.2, 0) is 9.59 Å². The highest BCUT2D eigenvalue weighted by Crippen LogP contribution is 2.30. The summed E-state index contributed by atoms with van der Waals surface area (Å²) < 4.78 is 15.2. The maximum Gasteiger partial charge on any atom is 0.298 e. The van der Waals surface area contributed by atoms with Crippen LogP contribution in [0.4, 0.5) is 4.39 Å². The van der Waals surface area contributed by atoms with Gasteiger partial charge in [-0.1, -0.05) is 19.8 Å². The molecule has 1 aliphatic heterocycles. The number of carbonyl (C=O) groups excluding carboxylic acids is 2. The number of hydrogen-bond donors (Lipinski definition) is 0. The Bertz CT molecular complexity index is 582. The molecule has 0 spiro atoms. The average Bonchev–Trinajstić information content (AvgIpc) is 2.58. The average molecular weight is 368 g/mol. The van der Waals surface area contributed by atoms with Gasteiger partial charge in [-0.3, -0.25) is 14.5 Å². The Morgan fingerprint density at radius 1 is 1.12 bits per heavy atom. The van der Waals surface area contributed by atoms with Gasteiger partial charge in [-0.05, 0) is 46.7 Å². The summed E-state index contributed by atoms with van der Waals surface area (Å²) in [6.45, 7) is 10.2. The molecule has 1 unspecified atom stereocenters. The van der Waals surface area contributed by atoms with Crippen LogP contribution in [0.15, 0.2) is 0 Å². The van der Waals surface area contributed by atoms with Gasteiger partial charge in [-0.25, -0.2) is 4.39 Å². The van der Waals surface area contributed by atoms with Gasteiger partial charge in [0.15, 0.2) is 5.67 Å². The normalized spacial score (nSPS) is 18.3. The molecule has 5 nitrogen and oxygen atoms in total. The van der Waals surface area contributed by atoms with Crippen molar-refractivity contribution < 1.29 is 14.0 Å². The Morgan fingerprint density at radius 2 is 1.62 bits per heavy atom. The van der Waals surface area contributed by atoms with E-state index in [1.165, 1.54) is 9.80 Å². The number of carbonyl (C=O) groups is 2. The fourth-order valence-electron chi connectivity index (χ4n) is 2.62. The van der Waals surface area contributed by atoms with E-state index in [4.69, 9.17) is 0 Å². The van der Waals surface area contributed by atoms with Crippen LogP contribution in [0.25, 0.3) is 0 Å². The summed E-state index contributed by atoms with van der Waals surface area (Å²) in [7, 11) is 5.45. The number of halogens is 1. The van der Waals surface area contributed by atoms with Crippen LogP contribution in [0.2, 0.25) is 0 Å². The molecule has 6 heteroatoms. The zero-order valence-corrected chi connectivity index (χ0v) is 17.5. The molecule has 1 aliphatic rings. The van der Waals surface area contributed by atoms with E-state index in [0.29, 0.717) is 0 Å². The predicted molar refractivity (Wildman–Crippen MR) is 102 cm³/mol. The molecule has 0 bridgehead atoms. The molecule has 0 N–H and O–H groups in total. The molecule has 26 heavy (non-hydrogen) atoms. The van der Waals surface area contributed by atoms with Crippen LogP contribution < -0.4 is 0 Å². The number of amides is 2. The van der Waals surface area contributed by atoms with Gasteiger partial charge in [0.25, 0.3) is 11.8 Å². The van der Waals surface area contributed by atoms with Crippen molar-refractivity contribution in [2.45, 2.75) is 64.7 Å². The first kappa shape index (κ1) is 22.4. The van der Waals surface area contributed by atoms with Gasteiger partial charge in [0, 0.05) is 39.0 Å². The van der Waals surface area contributed by atoms with E-state index in [2.05, 4.69) is 11.8 Å². The highest BCUT2D eigenvalue weighted by Gasteiger charge is 2.45. The summed E-state index contributed by atoms with van der Waals surface area (Å²) in [6, 6.07) is -0.0334. The summed E-state index contributed by atoms with van der Waals surface area (Å²) in [6.07, 6.45) is 0.0387. The molecule has 0 radical (unpaired) electrons. The van der Waals surface area contributed by atoms with Crippen molar-refractivity contribution in [1.29, 1.82) is 0 Å². The molecule has 0 aromatic carbocycles. The smallest absolute Gasteiger partial charge is 0.298 e. The lowest BCUT2D eigenvalue weighted by atomic mass is 9.90. The molecular weight excluding hydrogens is 333 g/mol. The van der Waals surface area contributed by atoms with Crippen molar-refractivity contribution in [1.82, 2.24) is 14.7 Å². The topological polar surface area (TPSA) is 43.9 Å². The molecule has 2 amide bonds. The fourth-order valence-corrected chi connectivity index (χ4v) is 2.62. The van der Waals surface area contributed by atoms with E-state index in [9.17, 15) is 9.59 Å². The quantitative estimate of drug-likeness (QED) is 0.715. The number of hydrogen-bond acceptors (Lipinski definition) is 3. The molecular formula is C20H34FN3O2. The summed E-state index contributed by atoms with van der Waals surface area (Å²) in [5.41, 5.74) is -2.31. The minimum Gasteiger partial charge on any atom is -0.340 e. The monoisotopic (exact) mass is 367 g/mol. The molecule has 1 saturated heterocycles. The molecule has 148 valence electrons. The van der Waals surface area contributed by atoms with Crippen LogP contribution in [0.3, 0.4) is 0 Å². The Morgan fingerprint density at radius 3 is 2.04 bits per heavy atom. The van der Waals surface area contributed by atoms with Crippen molar-refractivity contribution in [2.24, 2.45) is 5.92 Å². The van der Waals surface area contributed by atoms with Crippen molar-refractivity contribution in [3.63, 3.8) is 0 Å². The highest BCUT2D eigenvalue weighted by atomic mass is 19.1. The Hall–Kier alpha value is -1.61. The van der Waals surface area contributed by atoms with Crippen molar-refractivity contribution in [2.75, 3.05) is 34.2 Å². The highest BCUT2D eigenvalue weighted by molar-refractivity contribution is 5.94. The third kappa shape index (κ3) is 5.20. The summed E-state index contributed by atoms with van der Waals surface area (Å²) in [4.78, 5) is 29.9. The van der Waals surface area contributed by atoms with E-state index in [-0.39, 0.29) is 43.8 Å². The Kier molecular flexibility index (Phi) is 7.24. The van der Waals surface area contributed by atoms with Gasteiger partial charge in [0.1, 0.15) is 0 Å². The van der Waals surface area contributed by atoms with Gasteiger partial charge in [-0.15, -0.1) is 0 Å². The molecule has 0 saturated carbocycles. The summed E-state index contributed by atoms with van der Waals surface area (Å²) >= 11 is 0. The lowest BCUT2D eigenvalue weighted by molar-refractivity contribution is -0.150. The van der Waals surface area contributed by atoms with Crippen LogP contribution in [0.5, 0.6) is 0 Å². The van der Waals surface area contributed by atoms with Crippen LogP contribution in [0.1, 0.15) is 47.5 Å². The van der Waals surface area contributed by atoms with Crippen molar-refractivity contribution in [3.05, 3.63) is 0 Å². The first-order valence-corrected chi connectivity index (χ1v) is 9.27. The minimum atomic E-state index is -1.90. The van der Waals surface area contributed by atoms with E-state index in [1.807, 2.05) is 53.6 Å². The molecule has 0 aliphatic carbocycles. The van der Waals surface area contributed by atoms with E-state index in [0.717, 1.165) is 0 Å². The Balaban J connectivity index is 2.73. The van der Waals surface area contributed by atoms with Gasteiger partial charge in [0.05, 0.1) is 5.54 Å². The van der Waals surface area contributed by atoms with Crippen molar-refractivity contribution >= 4 is 11.8 Å². The molecule has 1 atom stereocenters. The lowest BCUT2D eigenvalue weighted by Crippen LogP contribution is -2.54. The summed E-state index contributed by atoms with van der Waals surface area (Å²) in [5, 5.41) is 0. The van der Waals surface area contributed by atoms with Gasteiger partial charge < -0.3 is 9.80 Å². The Labute approximate surface area is 157 Å². The maximum absolute atomic E-state index is 15.2. The molecule has 1 fully saturated rings. The molecule has 1 rings (SSSR count). The fraction of sp³-hybridized carbons (Fsp3) is 0.800. The predicted octanol–water partition coefficient (Wildman–Crippen LogP) is 2.16. The standard InChI is InChI=1S/C20H34FN3O2/c1-15(2)16(3)23(8)18(26)20(21)11-13-24(14-12-20)17(25)9-10-19(4,5)22(6)7/h15-16H,11-14H2,1-8H3. The lowest BCUT2D eigenvalue weighted by Gasteiger charge is -2.39. The van der Waals surface area contributed by atoms with Crippen LogP contribution >= 0.6 is 0 Å². The largest absolute Gasteiger partial charge is 0.340 e. The van der Waals surface area contributed by atoms with Gasteiger partial charge in [-0.2, -0.15) is 0 Å². The molecule has 0 aromatic rings. The number of likely N-dealkylation sites (tertiary alicyclic amines) is 1. The second-order valence-corrected chi connectivity index (χ2v) is 8.36. The molecule has 1 heterocycles. The number of alkyl halides is 1. The zero-order valence-electron chi connectivity index (χ0n) is 17.5. The second-order valence-electron chi connectivity index (χ2n) is 8.36. The first-order valence-electron chi connectivity index (χ1n) is 9.27. The van der Waals surface area contributed by atoms with E-state index < -0.39 is 17.1 Å². The SMILES string of the molecule is CC(C)C(C)N(C)C(=O)C1(F)CCN(C(=O)C#CC(C)(C)N(C)C)CC1. The third-order valence-corrected chi connectivity index (χ3v) is 5.72. The number of rotatable bonds is 4. The van der Waals surface area contributed by atoms with Crippen molar-refractivity contribution in [3.8, 4) is 11.8 Å². The molecule has 0 aromatic heterocycles. The van der Waals surface area contributed by atoms with E-state index in [1.54, 1.807) is 7.05 Å². The van der Waals surface area contributed by atoms with Gasteiger partial charge >= 0.3 is 0 Å². The number of piperidine rings is 1. The zero-order chi connectivity index (χ0) is 20.3. The van der Waals surface area contributed by atoms with Crippen LogP contribution in [0, 0.1) is 17.8 Å². The second kappa shape index (κ2) is 8.39. The maximum atomic E-state index is 15.2. The van der Waals surface area contributed by atoms with Gasteiger partial charge in [0.2, 0.25) is 0 Å². The minimum absolute atomic E-state index is 0.0193. The van der Waals surface area contributed by atoms with E-state index >= 15 is 4.39 Å². The van der Waals surface area contributed by atoms with Crippen LogP contribution in [-0.4, -0.2) is 78.0 Å². The third-order valence-electron chi connectivity index (χ3n) is 5.72. The number of nitrogens with zero attached hydrogens (tertiary/aromatic N) is 3. The summed E-state index contributed by atoms with van der Waals surface area (Å²) in [5.74, 6) is 5.09. The first-order chi connectivity index (χ1) is 11.8.